The van der Waals surface area contributed by atoms with E-state index >= 15 is 0 Å². The van der Waals surface area contributed by atoms with Gasteiger partial charge in [-0.3, -0.25) is 4.79 Å². The molecule has 0 atom stereocenters. The molecule has 31 heavy (non-hydrogen) atoms. The molecule has 8 nitrogen and oxygen atoms in total. The first-order valence-electron chi connectivity index (χ1n) is 10.5. The lowest BCUT2D eigenvalue weighted by Gasteiger charge is -2.31. The van der Waals surface area contributed by atoms with Gasteiger partial charge in [-0.05, 0) is 30.7 Å². The monoisotopic (exact) mass is 420 g/mol. The van der Waals surface area contributed by atoms with Crippen molar-refractivity contribution in [2.75, 3.05) is 37.7 Å². The van der Waals surface area contributed by atoms with Crippen molar-refractivity contribution in [1.82, 2.24) is 14.9 Å². The number of carbonyl (C=O) groups excluding carboxylic acids is 1. The van der Waals surface area contributed by atoms with E-state index in [-0.39, 0.29) is 5.91 Å². The highest BCUT2D eigenvalue weighted by Gasteiger charge is 2.29. The highest BCUT2D eigenvalue weighted by molar-refractivity contribution is 5.94. The third-order valence-corrected chi connectivity index (χ3v) is 5.56. The van der Waals surface area contributed by atoms with Crippen molar-refractivity contribution in [1.29, 1.82) is 0 Å². The predicted molar refractivity (Wildman–Crippen MR) is 113 cm³/mol. The average molecular weight is 420 g/mol. The largest absolute Gasteiger partial charge is 0.472 e. The van der Waals surface area contributed by atoms with Crippen molar-refractivity contribution in [3.63, 3.8) is 0 Å². The average Bonchev–Trinajstić information content (AvgIpc) is 3.34. The number of hydrogen-bond donors (Lipinski definition) is 0. The van der Waals surface area contributed by atoms with Gasteiger partial charge in [0.15, 0.2) is 0 Å². The second kappa shape index (κ2) is 8.39. The molecule has 1 amide bonds. The van der Waals surface area contributed by atoms with Gasteiger partial charge in [0.25, 0.3) is 5.91 Å². The maximum Gasteiger partial charge on any atom is 0.257 e. The Morgan fingerprint density at radius 2 is 2.00 bits per heavy atom. The summed E-state index contributed by atoms with van der Waals surface area (Å²) in [6.45, 7) is 5.79. The van der Waals surface area contributed by atoms with Crippen LogP contribution in [0.5, 0.6) is 11.6 Å². The fourth-order valence-corrected chi connectivity index (χ4v) is 3.89. The number of amides is 1. The Morgan fingerprint density at radius 3 is 2.77 bits per heavy atom. The second-order valence-electron chi connectivity index (χ2n) is 7.76. The third-order valence-electron chi connectivity index (χ3n) is 5.56. The standard InChI is InChI=1S/C23H24N4O4/c1-16-3-2-4-18(13-16)31-21-19-14-27(22(28)17-6-10-30-15-17)7-5-20(19)24-23(25-21)26-8-11-29-12-9-26/h2-4,6,10,13,15H,5,7-9,11-12,14H2,1H3. The van der Waals surface area contributed by atoms with Crippen LogP contribution in [0.1, 0.15) is 27.2 Å². The fourth-order valence-electron chi connectivity index (χ4n) is 3.89. The third kappa shape index (κ3) is 4.11. The lowest BCUT2D eigenvalue weighted by atomic mass is 10.1. The number of ether oxygens (including phenoxy) is 2. The van der Waals surface area contributed by atoms with Gasteiger partial charge < -0.3 is 23.7 Å². The van der Waals surface area contributed by atoms with Crippen LogP contribution in [0.25, 0.3) is 0 Å². The summed E-state index contributed by atoms with van der Waals surface area (Å²) in [5.74, 6) is 1.80. The number of aromatic nitrogens is 2. The summed E-state index contributed by atoms with van der Waals surface area (Å²) < 4.78 is 16.8. The van der Waals surface area contributed by atoms with Crippen molar-refractivity contribution in [3.8, 4) is 11.6 Å². The highest BCUT2D eigenvalue weighted by atomic mass is 16.5. The molecule has 3 aromatic rings. The van der Waals surface area contributed by atoms with Crippen LogP contribution in [0.2, 0.25) is 0 Å². The Hall–Kier alpha value is -3.39. The molecule has 1 fully saturated rings. The molecule has 2 aliphatic rings. The van der Waals surface area contributed by atoms with Crippen molar-refractivity contribution >= 4 is 11.9 Å². The molecule has 2 aromatic heterocycles. The van der Waals surface area contributed by atoms with Crippen LogP contribution in [0.3, 0.4) is 0 Å². The number of anilines is 1. The molecular formula is C23H24N4O4. The number of fused-ring (bicyclic) bond motifs is 1. The number of hydrogen-bond acceptors (Lipinski definition) is 7. The summed E-state index contributed by atoms with van der Waals surface area (Å²) in [5, 5.41) is 0. The van der Waals surface area contributed by atoms with E-state index in [1.165, 1.54) is 12.5 Å². The topological polar surface area (TPSA) is 80.9 Å². The van der Waals surface area contributed by atoms with Crippen LogP contribution in [0, 0.1) is 6.92 Å². The minimum absolute atomic E-state index is 0.0711. The number of rotatable bonds is 4. The van der Waals surface area contributed by atoms with Crippen LogP contribution < -0.4 is 9.64 Å². The Kier molecular flexibility index (Phi) is 5.30. The lowest BCUT2D eigenvalue weighted by molar-refractivity contribution is 0.0731. The van der Waals surface area contributed by atoms with Crippen LogP contribution in [-0.2, 0) is 17.7 Å². The smallest absolute Gasteiger partial charge is 0.257 e. The summed E-state index contributed by atoms with van der Waals surface area (Å²) in [6.07, 6.45) is 3.62. The molecule has 2 aliphatic heterocycles. The van der Waals surface area contributed by atoms with Crippen LogP contribution in [0.15, 0.2) is 47.3 Å². The number of benzene rings is 1. The van der Waals surface area contributed by atoms with Crippen molar-refractivity contribution in [3.05, 3.63) is 65.2 Å². The van der Waals surface area contributed by atoms with Gasteiger partial charge in [-0.15, -0.1) is 0 Å². The Morgan fingerprint density at radius 1 is 1.13 bits per heavy atom. The van der Waals surface area contributed by atoms with Crippen LogP contribution in [0.4, 0.5) is 5.95 Å². The van der Waals surface area contributed by atoms with Gasteiger partial charge >= 0.3 is 0 Å². The summed E-state index contributed by atoms with van der Waals surface area (Å²) in [6, 6.07) is 9.54. The summed E-state index contributed by atoms with van der Waals surface area (Å²) in [7, 11) is 0. The van der Waals surface area contributed by atoms with Crippen LogP contribution in [-0.4, -0.2) is 53.6 Å². The van der Waals surface area contributed by atoms with Gasteiger partial charge in [-0.25, -0.2) is 4.98 Å². The minimum Gasteiger partial charge on any atom is -0.472 e. The second-order valence-corrected chi connectivity index (χ2v) is 7.76. The number of carbonyl (C=O) groups is 1. The summed E-state index contributed by atoms with van der Waals surface area (Å²) in [4.78, 5) is 26.4. The molecule has 0 aliphatic carbocycles. The van der Waals surface area contributed by atoms with Gasteiger partial charge in [0.2, 0.25) is 11.8 Å². The Bertz CT molecular complexity index is 1080. The quantitative estimate of drug-likeness (QED) is 0.641. The zero-order valence-electron chi connectivity index (χ0n) is 17.4. The number of nitrogens with zero attached hydrogens (tertiary/aromatic N) is 4. The normalized spacial score (nSPS) is 16.2. The van der Waals surface area contributed by atoms with E-state index < -0.39 is 0 Å². The first-order chi connectivity index (χ1) is 15.2. The van der Waals surface area contributed by atoms with Gasteiger partial charge in [0.05, 0.1) is 42.8 Å². The highest BCUT2D eigenvalue weighted by Crippen LogP contribution is 2.32. The number of morpholine rings is 1. The Labute approximate surface area is 180 Å². The van der Waals surface area contributed by atoms with E-state index in [9.17, 15) is 4.79 Å². The molecule has 0 radical (unpaired) electrons. The molecule has 0 N–H and O–H groups in total. The first-order valence-corrected chi connectivity index (χ1v) is 10.5. The van der Waals surface area contributed by atoms with Gasteiger partial charge in [-0.1, -0.05) is 12.1 Å². The number of furan rings is 1. The molecule has 0 unspecified atom stereocenters. The van der Waals surface area contributed by atoms with Crippen molar-refractivity contribution in [2.45, 2.75) is 19.9 Å². The van der Waals surface area contributed by atoms with Crippen LogP contribution >= 0.6 is 0 Å². The molecule has 4 heterocycles. The maximum atomic E-state index is 12.9. The minimum atomic E-state index is -0.0711. The van der Waals surface area contributed by atoms with E-state index in [1.54, 1.807) is 11.0 Å². The molecule has 1 saturated heterocycles. The Balaban J connectivity index is 1.50. The maximum absolute atomic E-state index is 12.9. The van der Waals surface area contributed by atoms with E-state index in [2.05, 4.69) is 4.90 Å². The molecule has 1 aromatic carbocycles. The lowest BCUT2D eigenvalue weighted by Crippen LogP contribution is -2.39. The molecular weight excluding hydrogens is 396 g/mol. The molecule has 160 valence electrons. The molecule has 0 spiro atoms. The molecule has 0 bridgehead atoms. The molecule has 5 rings (SSSR count). The van der Waals surface area contributed by atoms with Gasteiger partial charge in [0, 0.05) is 26.1 Å². The molecule has 0 saturated carbocycles. The van der Waals surface area contributed by atoms with E-state index in [0.29, 0.717) is 55.9 Å². The van der Waals surface area contributed by atoms with E-state index in [4.69, 9.17) is 23.9 Å². The molecule has 8 heteroatoms. The summed E-state index contributed by atoms with van der Waals surface area (Å²) >= 11 is 0. The SMILES string of the molecule is Cc1cccc(Oc2nc(N3CCOCC3)nc3c2CN(C(=O)c2ccoc2)CC3)c1. The first kappa shape index (κ1) is 19.6. The zero-order chi connectivity index (χ0) is 21.2. The number of aryl methyl sites for hydroxylation is 1. The van der Waals surface area contributed by atoms with E-state index in [0.717, 1.165) is 29.9 Å². The summed E-state index contributed by atoms with van der Waals surface area (Å²) in [5.41, 5.74) is 3.41. The zero-order valence-corrected chi connectivity index (χ0v) is 17.4. The van der Waals surface area contributed by atoms with Crippen molar-refractivity contribution < 1.29 is 18.7 Å². The van der Waals surface area contributed by atoms with Gasteiger partial charge in [-0.2, -0.15) is 4.98 Å². The fraction of sp³-hybridized carbons (Fsp3) is 0.348. The van der Waals surface area contributed by atoms with Crippen molar-refractivity contribution in [2.24, 2.45) is 0 Å². The van der Waals surface area contributed by atoms with Gasteiger partial charge in [0.1, 0.15) is 12.0 Å². The predicted octanol–water partition coefficient (Wildman–Crippen LogP) is 3.21. The van der Waals surface area contributed by atoms with E-state index in [1.807, 2.05) is 31.2 Å².